The largest absolute Gasteiger partial charge is 0.313 e. The van der Waals surface area contributed by atoms with Crippen LogP contribution < -0.4 is 5.32 Å². The number of benzene rings is 1. The van der Waals surface area contributed by atoms with Gasteiger partial charge in [0.1, 0.15) is 0 Å². The highest BCUT2D eigenvalue weighted by Gasteiger charge is 2.32. The molecule has 1 fully saturated rings. The molecule has 0 heterocycles. The molecule has 1 atom stereocenters. The summed E-state index contributed by atoms with van der Waals surface area (Å²) in [6.07, 6.45) is 4.42. The van der Waals surface area contributed by atoms with E-state index in [2.05, 4.69) is 19.2 Å². The van der Waals surface area contributed by atoms with Crippen molar-refractivity contribution in [2.75, 3.05) is 7.05 Å². The third-order valence-electron chi connectivity index (χ3n) is 4.48. The zero-order valence-electron chi connectivity index (χ0n) is 12.0. The van der Waals surface area contributed by atoms with Gasteiger partial charge in [-0.2, -0.15) is 0 Å². The van der Waals surface area contributed by atoms with Crippen LogP contribution in [0.4, 0.5) is 8.78 Å². The van der Waals surface area contributed by atoms with Gasteiger partial charge in [0.2, 0.25) is 0 Å². The highest BCUT2D eigenvalue weighted by molar-refractivity contribution is 5.23. The van der Waals surface area contributed by atoms with E-state index in [1.165, 1.54) is 6.07 Å². The summed E-state index contributed by atoms with van der Waals surface area (Å²) in [4.78, 5) is 0. The molecule has 106 valence electrons. The first-order valence-corrected chi connectivity index (χ1v) is 7.06. The van der Waals surface area contributed by atoms with Crippen LogP contribution >= 0.6 is 0 Å². The summed E-state index contributed by atoms with van der Waals surface area (Å²) in [5.74, 6) is -1.07. The standard InChI is InChI=1S/C16H23F2N/c1-16(2)9-7-11(8-10-16)15(19-3)12-5-4-6-13(17)14(12)18/h4-6,11,15,19H,7-10H2,1-3H3. The normalized spacial score (nSPS) is 21.3. The summed E-state index contributed by atoms with van der Waals surface area (Å²) in [5.41, 5.74) is 0.849. The van der Waals surface area contributed by atoms with E-state index < -0.39 is 11.6 Å². The van der Waals surface area contributed by atoms with Gasteiger partial charge < -0.3 is 5.32 Å². The number of hydrogen-bond donors (Lipinski definition) is 1. The molecule has 0 spiro atoms. The van der Waals surface area contributed by atoms with Crippen molar-refractivity contribution in [1.82, 2.24) is 5.32 Å². The van der Waals surface area contributed by atoms with Crippen molar-refractivity contribution in [3.63, 3.8) is 0 Å². The monoisotopic (exact) mass is 267 g/mol. The van der Waals surface area contributed by atoms with Crippen molar-refractivity contribution < 1.29 is 8.78 Å². The van der Waals surface area contributed by atoms with E-state index in [4.69, 9.17) is 0 Å². The Morgan fingerprint density at radius 3 is 2.42 bits per heavy atom. The topological polar surface area (TPSA) is 12.0 Å². The molecule has 0 aliphatic heterocycles. The molecule has 1 aromatic carbocycles. The van der Waals surface area contributed by atoms with Crippen LogP contribution in [0.2, 0.25) is 0 Å². The minimum Gasteiger partial charge on any atom is -0.313 e. The van der Waals surface area contributed by atoms with Crippen LogP contribution in [0.15, 0.2) is 18.2 Å². The maximum atomic E-state index is 13.9. The van der Waals surface area contributed by atoms with Crippen LogP contribution in [0.3, 0.4) is 0 Å². The van der Waals surface area contributed by atoms with Gasteiger partial charge in [-0.1, -0.05) is 26.0 Å². The highest BCUT2D eigenvalue weighted by Crippen LogP contribution is 2.43. The first kappa shape index (κ1) is 14.4. The van der Waals surface area contributed by atoms with Crippen molar-refractivity contribution in [2.45, 2.75) is 45.6 Å². The molecule has 3 heteroatoms. The summed E-state index contributed by atoms with van der Waals surface area (Å²) >= 11 is 0. The molecule has 0 aromatic heterocycles. The van der Waals surface area contributed by atoms with Gasteiger partial charge in [0, 0.05) is 11.6 Å². The van der Waals surface area contributed by atoms with Gasteiger partial charge in [-0.05, 0) is 50.1 Å². The maximum Gasteiger partial charge on any atom is 0.163 e. The maximum absolute atomic E-state index is 13.9. The Morgan fingerprint density at radius 1 is 1.21 bits per heavy atom. The average molecular weight is 267 g/mol. The predicted octanol–water partition coefficient (Wildman–Crippen LogP) is 4.44. The molecular formula is C16H23F2N. The van der Waals surface area contributed by atoms with Gasteiger partial charge in [-0.15, -0.1) is 0 Å². The molecule has 0 radical (unpaired) electrons. The molecule has 0 bridgehead atoms. The second-order valence-corrected chi connectivity index (χ2v) is 6.41. The van der Waals surface area contributed by atoms with E-state index in [9.17, 15) is 8.78 Å². The van der Waals surface area contributed by atoms with Gasteiger partial charge in [-0.3, -0.25) is 0 Å². The molecule has 1 saturated carbocycles. The number of halogens is 2. The second-order valence-electron chi connectivity index (χ2n) is 6.41. The van der Waals surface area contributed by atoms with Crippen molar-refractivity contribution >= 4 is 0 Å². The predicted molar refractivity (Wildman–Crippen MR) is 73.9 cm³/mol. The summed E-state index contributed by atoms with van der Waals surface area (Å²) < 4.78 is 27.3. The molecule has 1 N–H and O–H groups in total. The Balaban J connectivity index is 2.19. The SMILES string of the molecule is CNC(c1cccc(F)c1F)C1CCC(C)(C)CC1. The summed E-state index contributed by atoms with van der Waals surface area (Å²) in [6, 6.07) is 4.37. The Morgan fingerprint density at radius 2 is 1.84 bits per heavy atom. The zero-order valence-corrected chi connectivity index (χ0v) is 12.0. The zero-order chi connectivity index (χ0) is 14.0. The van der Waals surface area contributed by atoms with E-state index in [1.807, 2.05) is 7.05 Å². The first-order chi connectivity index (χ1) is 8.94. The molecule has 1 aromatic rings. The van der Waals surface area contributed by atoms with Crippen molar-refractivity contribution in [3.8, 4) is 0 Å². The third-order valence-corrected chi connectivity index (χ3v) is 4.48. The third kappa shape index (κ3) is 3.14. The Bertz CT molecular complexity index is 432. The molecule has 0 saturated heterocycles. The number of nitrogens with one attached hydrogen (secondary N) is 1. The van der Waals surface area contributed by atoms with E-state index in [0.29, 0.717) is 16.9 Å². The fourth-order valence-electron chi connectivity index (χ4n) is 3.16. The quantitative estimate of drug-likeness (QED) is 0.853. The first-order valence-electron chi connectivity index (χ1n) is 7.06. The Kier molecular flexibility index (Phi) is 4.24. The summed E-state index contributed by atoms with van der Waals surface area (Å²) in [6.45, 7) is 4.56. The van der Waals surface area contributed by atoms with E-state index in [0.717, 1.165) is 25.7 Å². The molecule has 0 amide bonds. The average Bonchev–Trinajstić information content (AvgIpc) is 2.37. The molecule has 1 aliphatic rings. The molecule has 1 aliphatic carbocycles. The number of hydrogen-bond acceptors (Lipinski definition) is 1. The molecule has 19 heavy (non-hydrogen) atoms. The lowest BCUT2D eigenvalue weighted by Gasteiger charge is -2.38. The van der Waals surface area contributed by atoms with Gasteiger partial charge in [0.25, 0.3) is 0 Å². The van der Waals surface area contributed by atoms with Crippen LogP contribution in [0.1, 0.15) is 51.1 Å². The van der Waals surface area contributed by atoms with Gasteiger partial charge in [0.05, 0.1) is 0 Å². The lowest BCUT2D eigenvalue weighted by Crippen LogP contribution is -2.31. The van der Waals surface area contributed by atoms with E-state index in [1.54, 1.807) is 12.1 Å². The van der Waals surface area contributed by atoms with Crippen LogP contribution in [0, 0.1) is 23.0 Å². The Labute approximate surface area is 114 Å². The highest BCUT2D eigenvalue weighted by atomic mass is 19.2. The fraction of sp³-hybridized carbons (Fsp3) is 0.625. The minimum absolute atomic E-state index is 0.0909. The van der Waals surface area contributed by atoms with Crippen LogP contribution in [0.25, 0.3) is 0 Å². The number of rotatable bonds is 3. The van der Waals surface area contributed by atoms with Gasteiger partial charge in [0.15, 0.2) is 11.6 Å². The second kappa shape index (κ2) is 5.58. The Hall–Kier alpha value is -0.960. The van der Waals surface area contributed by atoms with Crippen molar-refractivity contribution in [1.29, 1.82) is 0 Å². The van der Waals surface area contributed by atoms with E-state index >= 15 is 0 Å². The van der Waals surface area contributed by atoms with Crippen LogP contribution in [-0.2, 0) is 0 Å². The fourth-order valence-corrected chi connectivity index (χ4v) is 3.16. The smallest absolute Gasteiger partial charge is 0.163 e. The molecular weight excluding hydrogens is 244 g/mol. The van der Waals surface area contributed by atoms with Gasteiger partial charge >= 0.3 is 0 Å². The van der Waals surface area contributed by atoms with Crippen LogP contribution in [-0.4, -0.2) is 7.05 Å². The van der Waals surface area contributed by atoms with Crippen LogP contribution in [0.5, 0.6) is 0 Å². The molecule has 2 rings (SSSR count). The molecule has 1 nitrogen and oxygen atoms in total. The lowest BCUT2D eigenvalue weighted by atomic mass is 9.70. The lowest BCUT2D eigenvalue weighted by molar-refractivity contribution is 0.162. The van der Waals surface area contributed by atoms with Crippen molar-refractivity contribution in [2.24, 2.45) is 11.3 Å². The van der Waals surface area contributed by atoms with E-state index in [-0.39, 0.29) is 6.04 Å². The van der Waals surface area contributed by atoms with Crippen molar-refractivity contribution in [3.05, 3.63) is 35.4 Å². The molecule has 1 unspecified atom stereocenters. The summed E-state index contributed by atoms with van der Waals surface area (Å²) in [7, 11) is 1.83. The van der Waals surface area contributed by atoms with Gasteiger partial charge in [-0.25, -0.2) is 8.78 Å². The minimum atomic E-state index is -0.756. The summed E-state index contributed by atoms with van der Waals surface area (Å²) in [5, 5.41) is 3.18.